The Morgan fingerprint density at radius 1 is 1.15 bits per heavy atom. The average molecular weight is 564 g/mol. The second-order valence-electron chi connectivity index (χ2n) is 8.44. The van der Waals surface area contributed by atoms with Crippen molar-refractivity contribution in [1.29, 1.82) is 0 Å². The number of fused-ring (bicyclic) bond motifs is 1. The molecule has 0 unspecified atom stereocenters. The number of carbonyl (C=O) groups is 2. The van der Waals surface area contributed by atoms with Crippen molar-refractivity contribution < 1.29 is 14.3 Å². The number of nitrogens with zero attached hydrogens (tertiary/aromatic N) is 3. The van der Waals surface area contributed by atoms with Crippen molar-refractivity contribution >= 4 is 51.7 Å². The van der Waals surface area contributed by atoms with Crippen LogP contribution in [-0.4, -0.2) is 45.1 Å². The Morgan fingerprint density at radius 2 is 1.91 bits per heavy atom. The van der Waals surface area contributed by atoms with Crippen LogP contribution in [0.4, 0.5) is 16.3 Å². The maximum absolute atomic E-state index is 12.7. The Morgan fingerprint density at radius 3 is 2.64 bits per heavy atom. The summed E-state index contributed by atoms with van der Waals surface area (Å²) in [6, 6.07) is 5.63. The van der Waals surface area contributed by atoms with Gasteiger partial charge in [0.2, 0.25) is 0 Å². The van der Waals surface area contributed by atoms with Crippen molar-refractivity contribution in [2.45, 2.75) is 46.1 Å². The SMILES string of the molecule is CCc1cc(Nc2nccn3c(I)cnc23)ccc1C(=O)NCCCNC(=O)OC(C)(C)C. The van der Waals surface area contributed by atoms with Gasteiger partial charge in [-0.05, 0) is 80.0 Å². The number of carbonyl (C=O) groups excluding carboxylic acids is 2. The highest BCUT2D eigenvalue weighted by molar-refractivity contribution is 14.1. The van der Waals surface area contributed by atoms with Gasteiger partial charge in [0, 0.05) is 36.7 Å². The van der Waals surface area contributed by atoms with E-state index in [0.29, 0.717) is 37.3 Å². The van der Waals surface area contributed by atoms with E-state index in [2.05, 4.69) is 48.5 Å². The molecular formula is C23H29IN6O3. The maximum Gasteiger partial charge on any atom is 0.407 e. The van der Waals surface area contributed by atoms with Gasteiger partial charge in [-0.2, -0.15) is 0 Å². The van der Waals surface area contributed by atoms with Crippen molar-refractivity contribution in [3.05, 3.63) is 51.6 Å². The number of anilines is 2. The van der Waals surface area contributed by atoms with E-state index in [0.717, 1.165) is 20.6 Å². The van der Waals surface area contributed by atoms with Gasteiger partial charge in [-0.1, -0.05) is 6.92 Å². The molecule has 0 aliphatic carbocycles. The lowest BCUT2D eigenvalue weighted by Gasteiger charge is -2.19. The Balaban J connectivity index is 1.57. The molecular weight excluding hydrogens is 535 g/mol. The molecule has 0 fully saturated rings. The average Bonchev–Trinajstić information content (AvgIpc) is 3.14. The van der Waals surface area contributed by atoms with Gasteiger partial charge in [-0.15, -0.1) is 0 Å². The molecule has 0 saturated carbocycles. The summed E-state index contributed by atoms with van der Waals surface area (Å²) in [4.78, 5) is 33.2. The van der Waals surface area contributed by atoms with E-state index in [1.165, 1.54) is 0 Å². The molecule has 0 radical (unpaired) electrons. The molecule has 10 heteroatoms. The van der Waals surface area contributed by atoms with Crippen molar-refractivity contribution in [2.24, 2.45) is 0 Å². The van der Waals surface area contributed by atoms with Crippen LogP contribution in [0.15, 0.2) is 36.8 Å². The first-order valence-electron chi connectivity index (χ1n) is 10.8. The zero-order valence-electron chi connectivity index (χ0n) is 19.2. The van der Waals surface area contributed by atoms with E-state index < -0.39 is 11.7 Å². The van der Waals surface area contributed by atoms with E-state index in [9.17, 15) is 9.59 Å². The van der Waals surface area contributed by atoms with Gasteiger partial charge in [0.15, 0.2) is 11.5 Å². The lowest BCUT2D eigenvalue weighted by atomic mass is 10.0. The van der Waals surface area contributed by atoms with E-state index in [-0.39, 0.29) is 5.91 Å². The topological polar surface area (TPSA) is 110 Å². The van der Waals surface area contributed by atoms with Gasteiger partial charge in [0.1, 0.15) is 9.30 Å². The molecule has 0 bridgehead atoms. The summed E-state index contributed by atoms with van der Waals surface area (Å²) in [6.45, 7) is 8.32. The number of amides is 2. The number of hydrogen-bond acceptors (Lipinski definition) is 6. The van der Waals surface area contributed by atoms with Gasteiger partial charge in [-0.3, -0.25) is 9.20 Å². The minimum absolute atomic E-state index is 0.140. The number of nitrogens with one attached hydrogen (secondary N) is 3. The van der Waals surface area contributed by atoms with Gasteiger partial charge in [0.25, 0.3) is 5.91 Å². The highest BCUT2D eigenvalue weighted by atomic mass is 127. The number of benzene rings is 1. The summed E-state index contributed by atoms with van der Waals surface area (Å²) >= 11 is 2.22. The number of aromatic nitrogens is 3. The molecule has 0 aliphatic heterocycles. The Kier molecular flexibility index (Phi) is 8.11. The zero-order valence-corrected chi connectivity index (χ0v) is 21.4. The monoisotopic (exact) mass is 564 g/mol. The van der Waals surface area contributed by atoms with Gasteiger partial charge < -0.3 is 20.7 Å². The fourth-order valence-corrected chi connectivity index (χ4v) is 3.72. The molecule has 0 saturated heterocycles. The maximum atomic E-state index is 12.7. The number of rotatable bonds is 8. The second kappa shape index (κ2) is 10.8. The third-order valence-electron chi connectivity index (χ3n) is 4.68. The van der Waals surface area contributed by atoms with Crippen molar-refractivity contribution in [3.8, 4) is 0 Å². The Labute approximate surface area is 206 Å². The number of alkyl carbamates (subject to hydrolysis) is 1. The minimum Gasteiger partial charge on any atom is -0.444 e. The number of halogens is 1. The number of hydrogen-bond donors (Lipinski definition) is 3. The fourth-order valence-electron chi connectivity index (χ4n) is 3.19. The van der Waals surface area contributed by atoms with Crippen LogP contribution >= 0.6 is 22.6 Å². The largest absolute Gasteiger partial charge is 0.444 e. The molecule has 3 N–H and O–H groups in total. The Bertz CT molecular complexity index is 1140. The van der Waals surface area contributed by atoms with Crippen molar-refractivity contribution in [2.75, 3.05) is 18.4 Å². The van der Waals surface area contributed by atoms with Crippen LogP contribution in [0.1, 0.15) is 50.0 Å². The normalized spacial score (nSPS) is 11.3. The lowest BCUT2D eigenvalue weighted by molar-refractivity contribution is 0.0527. The van der Waals surface area contributed by atoms with Crippen LogP contribution in [0.25, 0.3) is 5.65 Å². The summed E-state index contributed by atoms with van der Waals surface area (Å²) < 4.78 is 8.14. The molecule has 1 aromatic carbocycles. The molecule has 0 aliphatic rings. The van der Waals surface area contributed by atoms with Crippen molar-refractivity contribution in [3.63, 3.8) is 0 Å². The number of aryl methyl sites for hydroxylation is 1. The minimum atomic E-state index is -0.532. The van der Waals surface area contributed by atoms with Crippen LogP contribution in [-0.2, 0) is 11.2 Å². The predicted octanol–water partition coefficient (Wildman–Crippen LogP) is 4.28. The fraction of sp³-hybridized carbons (Fsp3) is 0.391. The molecule has 2 aromatic heterocycles. The van der Waals surface area contributed by atoms with Crippen LogP contribution in [0.2, 0.25) is 0 Å². The third-order valence-corrected chi connectivity index (χ3v) is 5.48. The summed E-state index contributed by atoms with van der Waals surface area (Å²) in [5, 5.41) is 8.91. The highest BCUT2D eigenvalue weighted by Crippen LogP contribution is 2.23. The molecule has 176 valence electrons. The first-order valence-corrected chi connectivity index (χ1v) is 11.9. The van der Waals surface area contributed by atoms with Crippen molar-refractivity contribution in [1.82, 2.24) is 25.0 Å². The molecule has 33 heavy (non-hydrogen) atoms. The van der Waals surface area contributed by atoms with Crippen LogP contribution < -0.4 is 16.0 Å². The summed E-state index contributed by atoms with van der Waals surface area (Å²) in [5.41, 5.74) is 2.60. The van der Waals surface area contributed by atoms with Gasteiger partial charge >= 0.3 is 6.09 Å². The van der Waals surface area contributed by atoms with Crippen LogP contribution in [0, 0.1) is 3.70 Å². The van der Waals surface area contributed by atoms with E-state index in [4.69, 9.17) is 4.74 Å². The highest BCUT2D eigenvalue weighted by Gasteiger charge is 2.16. The number of imidazole rings is 1. The first-order chi connectivity index (χ1) is 15.7. The smallest absolute Gasteiger partial charge is 0.407 e. The molecule has 3 rings (SSSR count). The van der Waals surface area contributed by atoms with Crippen LogP contribution in [0.3, 0.4) is 0 Å². The van der Waals surface area contributed by atoms with E-state index in [1.807, 2.05) is 56.5 Å². The Hall–Kier alpha value is -2.89. The summed E-state index contributed by atoms with van der Waals surface area (Å²) in [6.07, 6.45) is 6.22. The molecule has 2 amide bonds. The quantitative estimate of drug-likeness (QED) is 0.278. The first kappa shape index (κ1) is 24.7. The number of ether oxygens (including phenoxy) is 1. The molecule has 9 nitrogen and oxygen atoms in total. The van der Waals surface area contributed by atoms with Crippen LogP contribution in [0.5, 0.6) is 0 Å². The van der Waals surface area contributed by atoms with E-state index in [1.54, 1.807) is 12.4 Å². The van der Waals surface area contributed by atoms with Gasteiger partial charge in [-0.25, -0.2) is 14.8 Å². The van der Waals surface area contributed by atoms with Gasteiger partial charge in [0.05, 0.1) is 6.20 Å². The second-order valence-corrected chi connectivity index (χ2v) is 9.54. The third kappa shape index (κ3) is 6.80. The van der Waals surface area contributed by atoms with E-state index >= 15 is 0 Å². The summed E-state index contributed by atoms with van der Waals surface area (Å²) in [7, 11) is 0. The molecule has 0 atom stereocenters. The summed E-state index contributed by atoms with van der Waals surface area (Å²) in [5.74, 6) is 0.510. The molecule has 3 aromatic rings. The molecule has 0 spiro atoms. The zero-order chi connectivity index (χ0) is 24.0. The molecule has 2 heterocycles. The predicted molar refractivity (Wildman–Crippen MR) is 136 cm³/mol. The lowest BCUT2D eigenvalue weighted by Crippen LogP contribution is -2.34. The standard InChI is InChI=1S/C23H29IN6O3/c1-5-15-13-16(29-19-20-28-14-18(24)30(20)12-11-25-19)7-8-17(15)21(31)26-9-6-10-27-22(32)33-23(2,3)4/h7-8,11-14H,5-6,9-10H2,1-4H3,(H,25,29)(H,26,31)(H,27,32).